The third-order valence-electron chi connectivity index (χ3n) is 3.88. The van der Waals surface area contributed by atoms with Crippen molar-refractivity contribution in [1.82, 2.24) is 4.90 Å². The molecule has 2 aliphatic carbocycles. The van der Waals surface area contributed by atoms with E-state index in [-0.39, 0.29) is 0 Å². The number of carbonyl (C=O) groups excluding carboxylic acids is 1. The van der Waals surface area contributed by atoms with Gasteiger partial charge in [-0.2, -0.15) is 5.26 Å². The van der Waals surface area contributed by atoms with Crippen molar-refractivity contribution in [2.24, 2.45) is 17.8 Å². The van der Waals surface area contributed by atoms with Crippen LogP contribution in [0.3, 0.4) is 0 Å². The molecule has 2 atom stereocenters. The van der Waals surface area contributed by atoms with Crippen LogP contribution in [-0.4, -0.2) is 23.9 Å². The number of fused-ring (bicyclic) bond motifs is 1. The second kappa shape index (κ2) is 4.22. The monoisotopic (exact) mass is 206 g/mol. The molecule has 3 nitrogen and oxygen atoms in total. The van der Waals surface area contributed by atoms with Gasteiger partial charge in [-0.25, -0.2) is 0 Å². The Hall–Kier alpha value is -1.04. The second-order valence-electron chi connectivity index (χ2n) is 4.61. The Kier molecular flexibility index (Phi) is 2.95. The van der Waals surface area contributed by atoms with Crippen LogP contribution in [-0.2, 0) is 4.79 Å². The van der Waals surface area contributed by atoms with Crippen LogP contribution in [0.25, 0.3) is 0 Å². The van der Waals surface area contributed by atoms with E-state index in [4.69, 9.17) is 5.26 Å². The van der Waals surface area contributed by atoms with Gasteiger partial charge in [0.2, 0.25) is 5.91 Å². The van der Waals surface area contributed by atoms with E-state index in [1.165, 1.54) is 19.3 Å². The van der Waals surface area contributed by atoms with E-state index in [0.717, 1.165) is 6.54 Å². The lowest BCUT2D eigenvalue weighted by atomic mass is 10.1. The molecule has 0 saturated heterocycles. The zero-order chi connectivity index (χ0) is 10.8. The molecule has 0 aromatic heterocycles. The number of hydrogen-bond acceptors (Lipinski definition) is 2. The Morgan fingerprint density at radius 3 is 2.67 bits per heavy atom. The molecule has 2 unspecified atom stereocenters. The van der Waals surface area contributed by atoms with E-state index in [2.05, 4.69) is 6.07 Å². The molecule has 0 radical (unpaired) electrons. The summed E-state index contributed by atoms with van der Waals surface area (Å²) in [7, 11) is 0. The van der Waals surface area contributed by atoms with Crippen LogP contribution in [0.15, 0.2) is 0 Å². The van der Waals surface area contributed by atoms with Crippen molar-refractivity contribution in [3.8, 4) is 6.07 Å². The van der Waals surface area contributed by atoms with Gasteiger partial charge in [0.15, 0.2) is 0 Å². The number of nitriles is 1. The molecule has 82 valence electrons. The van der Waals surface area contributed by atoms with Gasteiger partial charge in [-0.15, -0.1) is 0 Å². The zero-order valence-electron chi connectivity index (χ0n) is 9.28. The highest BCUT2D eigenvalue weighted by Crippen LogP contribution is 2.58. The first-order chi connectivity index (χ1) is 7.29. The molecule has 0 spiro atoms. The number of amides is 1. The fourth-order valence-electron chi connectivity index (χ4n) is 3.01. The van der Waals surface area contributed by atoms with E-state index >= 15 is 0 Å². The van der Waals surface area contributed by atoms with Crippen LogP contribution < -0.4 is 0 Å². The number of carbonyl (C=O) groups is 1. The standard InChI is InChI=1S/C12H18N2O/c1-2-14(8-4-7-13)12(15)11-9-5-3-6-10(9)11/h9-11H,2-6,8H2,1H3. The summed E-state index contributed by atoms with van der Waals surface area (Å²) in [6, 6.07) is 2.10. The molecular formula is C12H18N2O. The SMILES string of the molecule is CCN(CCC#N)C(=O)C1C2CCCC21. The highest BCUT2D eigenvalue weighted by Gasteiger charge is 2.57. The highest BCUT2D eigenvalue weighted by atomic mass is 16.2. The largest absolute Gasteiger partial charge is 0.342 e. The average molecular weight is 206 g/mol. The first-order valence-electron chi connectivity index (χ1n) is 5.95. The zero-order valence-corrected chi connectivity index (χ0v) is 9.28. The predicted molar refractivity (Wildman–Crippen MR) is 56.8 cm³/mol. The van der Waals surface area contributed by atoms with Crippen molar-refractivity contribution in [2.45, 2.75) is 32.6 Å². The van der Waals surface area contributed by atoms with Crippen LogP contribution in [0.5, 0.6) is 0 Å². The molecule has 1 amide bonds. The fraction of sp³-hybridized carbons (Fsp3) is 0.833. The van der Waals surface area contributed by atoms with Crippen LogP contribution >= 0.6 is 0 Å². The summed E-state index contributed by atoms with van der Waals surface area (Å²) in [6.45, 7) is 3.35. The summed E-state index contributed by atoms with van der Waals surface area (Å²) in [5.41, 5.74) is 0. The maximum atomic E-state index is 12.1. The van der Waals surface area contributed by atoms with Gasteiger partial charge in [0.25, 0.3) is 0 Å². The van der Waals surface area contributed by atoms with Gasteiger partial charge in [0.05, 0.1) is 12.5 Å². The molecule has 0 N–H and O–H groups in total. The molecule has 0 heterocycles. The Bertz CT molecular complexity index is 284. The molecular weight excluding hydrogens is 188 g/mol. The van der Waals surface area contributed by atoms with Crippen molar-refractivity contribution in [3.05, 3.63) is 0 Å². The van der Waals surface area contributed by atoms with Crippen LogP contribution in [0, 0.1) is 29.1 Å². The summed E-state index contributed by atoms with van der Waals surface area (Å²) in [6.07, 6.45) is 4.26. The van der Waals surface area contributed by atoms with Crippen LogP contribution in [0.2, 0.25) is 0 Å². The summed E-state index contributed by atoms with van der Waals surface area (Å²) in [5.74, 6) is 2.00. The summed E-state index contributed by atoms with van der Waals surface area (Å²) in [4.78, 5) is 13.9. The van der Waals surface area contributed by atoms with Crippen LogP contribution in [0.4, 0.5) is 0 Å². The molecule has 0 aromatic rings. The van der Waals surface area contributed by atoms with Crippen molar-refractivity contribution < 1.29 is 4.79 Å². The van der Waals surface area contributed by atoms with Gasteiger partial charge < -0.3 is 4.90 Å². The number of nitrogens with zero attached hydrogens (tertiary/aromatic N) is 2. The Morgan fingerprint density at radius 2 is 2.13 bits per heavy atom. The lowest BCUT2D eigenvalue weighted by Crippen LogP contribution is -2.33. The van der Waals surface area contributed by atoms with E-state index < -0.39 is 0 Å². The smallest absolute Gasteiger partial charge is 0.226 e. The molecule has 0 aromatic carbocycles. The molecule has 2 saturated carbocycles. The van der Waals surface area contributed by atoms with Crippen molar-refractivity contribution >= 4 is 5.91 Å². The van der Waals surface area contributed by atoms with Gasteiger partial charge >= 0.3 is 0 Å². The van der Waals surface area contributed by atoms with Crippen molar-refractivity contribution in [1.29, 1.82) is 5.26 Å². The first-order valence-corrected chi connectivity index (χ1v) is 5.95. The maximum absolute atomic E-state index is 12.1. The Labute approximate surface area is 91.1 Å². The summed E-state index contributed by atoms with van der Waals surface area (Å²) >= 11 is 0. The Balaban J connectivity index is 1.87. The lowest BCUT2D eigenvalue weighted by Gasteiger charge is -2.20. The maximum Gasteiger partial charge on any atom is 0.226 e. The molecule has 2 aliphatic rings. The van der Waals surface area contributed by atoms with E-state index in [0.29, 0.717) is 36.6 Å². The molecule has 15 heavy (non-hydrogen) atoms. The third-order valence-corrected chi connectivity index (χ3v) is 3.88. The van der Waals surface area contributed by atoms with Gasteiger partial charge in [0.1, 0.15) is 0 Å². The van der Waals surface area contributed by atoms with E-state index in [1.54, 1.807) is 0 Å². The second-order valence-corrected chi connectivity index (χ2v) is 4.61. The molecule has 3 heteroatoms. The topological polar surface area (TPSA) is 44.1 Å². The molecule has 0 bridgehead atoms. The minimum absolute atomic E-state index is 0.308. The highest BCUT2D eigenvalue weighted by molar-refractivity contribution is 5.82. The summed E-state index contributed by atoms with van der Waals surface area (Å²) < 4.78 is 0. The van der Waals surface area contributed by atoms with Crippen LogP contribution in [0.1, 0.15) is 32.6 Å². The lowest BCUT2D eigenvalue weighted by molar-refractivity contribution is -0.133. The minimum Gasteiger partial charge on any atom is -0.342 e. The molecule has 2 rings (SSSR count). The Morgan fingerprint density at radius 1 is 1.47 bits per heavy atom. The van der Waals surface area contributed by atoms with E-state index in [9.17, 15) is 4.79 Å². The quantitative estimate of drug-likeness (QED) is 0.704. The van der Waals surface area contributed by atoms with Gasteiger partial charge in [-0.1, -0.05) is 6.42 Å². The van der Waals surface area contributed by atoms with E-state index in [1.807, 2.05) is 11.8 Å². The normalized spacial score (nSPS) is 31.9. The van der Waals surface area contributed by atoms with Gasteiger partial charge in [-0.3, -0.25) is 4.79 Å². The number of hydrogen-bond donors (Lipinski definition) is 0. The minimum atomic E-state index is 0.308. The fourth-order valence-corrected chi connectivity index (χ4v) is 3.01. The van der Waals surface area contributed by atoms with Gasteiger partial charge in [0, 0.05) is 19.0 Å². The van der Waals surface area contributed by atoms with Gasteiger partial charge in [-0.05, 0) is 31.6 Å². The number of rotatable bonds is 4. The average Bonchev–Trinajstić information content (AvgIpc) is 2.73. The third kappa shape index (κ3) is 1.86. The molecule has 2 fully saturated rings. The van der Waals surface area contributed by atoms with Crippen molar-refractivity contribution in [2.75, 3.05) is 13.1 Å². The first kappa shape index (κ1) is 10.5. The predicted octanol–water partition coefficient (Wildman–Crippen LogP) is 1.79. The summed E-state index contributed by atoms with van der Waals surface area (Å²) in [5, 5.41) is 8.52. The molecule has 0 aliphatic heterocycles. The van der Waals surface area contributed by atoms with Crippen molar-refractivity contribution in [3.63, 3.8) is 0 Å².